The lowest BCUT2D eigenvalue weighted by atomic mass is 10.0. The number of rotatable bonds is 1. The summed E-state index contributed by atoms with van der Waals surface area (Å²) < 4.78 is 5.07. The minimum atomic E-state index is -0.211. The van der Waals surface area contributed by atoms with Crippen molar-refractivity contribution in [3.8, 4) is 0 Å². The van der Waals surface area contributed by atoms with Gasteiger partial charge in [0.05, 0.1) is 0 Å². The number of esters is 1. The highest BCUT2D eigenvalue weighted by Crippen LogP contribution is 2.36. The van der Waals surface area contributed by atoms with Crippen molar-refractivity contribution >= 4 is 5.97 Å². The van der Waals surface area contributed by atoms with Gasteiger partial charge >= 0.3 is 5.97 Å². The largest absolute Gasteiger partial charge is 0.432 e. The van der Waals surface area contributed by atoms with Crippen LogP contribution in [0.15, 0.2) is 11.3 Å². The number of hydrogen-bond donors (Lipinski definition) is 0. The second kappa shape index (κ2) is 3.95. The van der Waals surface area contributed by atoms with Crippen LogP contribution in [0, 0.1) is 11.8 Å². The van der Waals surface area contributed by atoms with E-state index in [0.717, 1.165) is 30.4 Å². The Bertz CT molecular complexity index is 228. The van der Waals surface area contributed by atoms with Crippen molar-refractivity contribution in [2.45, 2.75) is 40.5 Å². The maximum absolute atomic E-state index is 10.7. The van der Waals surface area contributed by atoms with Crippen LogP contribution >= 0.6 is 0 Å². The molecule has 1 aliphatic rings. The van der Waals surface area contributed by atoms with Gasteiger partial charge in [-0.05, 0) is 37.2 Å². The standard InChI is InChI=1S/C11H18O2/c1-7-5-11(6-8(7)2)9(3)13-10(4)12/h7-8H,5-6H2,1-4H3. The van der Waals surface area contributed by atoms with Crippen LogP contribution in [0.2, 0.25) is 0 Å². The Morgan fingerprint density at radius 3 is 2.08 bits per heavy atom. The van der Waals surface area contributed by atoms with Crippen LogP contribution in [-0.2, 0) is 9.53 Å². The van der Waals surface area contributed by atoms with Crippen molar-refractivity contribution in [3.63, 3.8) is 0 Å². The number of ether oxygens (including phenoxy) is 1. The summed E-state index contributed by atoms with van der Waals surface area (Å²) in [4.78, 5) is 10.7. The molecule has 1 rings (SSSR count). The van der Waals surface area contributed by atoms with Gasteiger partial charge in [-0.2, -0.15) is 0 Å². The zero-order valence-electron chi connectivity index (χ0n) is 8.89. The molecule has 0 aromatic heterocycles. The topological polar surface area (TPSA) is 26.3 Å². The Kier molecular flexibility index (Phi) is 3.12. The Hall–Kier alpha value is -0.790. The van der Waals surface area contributed by atoms with Crippen LogP contribution in [0.4, 0.5) is 0 Å². The first-order valence-electron chi connectivity index (χ1n) is 4.87. The van der Waals surface area contributed by atoms with E-state index in [1.54, 1.807) is 0 Å². The monoisotopic (exact) mass is 182 g/mol. The van der Waals surface area contributed by atoms with Gasteiger partial charge in [-0.3, -0.25) is 4.79 Å². The molecule has 0 radical (unpaired) electrons. The predicted molar refractivity (Wildman–Crippen MR) is 52.0 cm³/mol. The minimum absolute atomic E-state index is 0.211. The van der Waals surface area contributed by atoms with Gasteiger partial charge in [-0.1, -0.05) is 13.8 Å². The molecule has 0 spiro atoms. The van der Waals surface area contributed by atoms with Crippen LogP contribution < -0.4 is 0 Å². The second-order valence-corrected chi connectivity index (χ2v) is 4.12. The third kappa shape index (κ3) is 2.58. The molecular weight excluding hydrogens is 164 g/mol. The van der Waals surface area contributed by atoms with Crippen molar-refractivity contribution < 1.29 is 9.53 Å². The summed E-state index contributed by atoms with van der Waals surface area (Å²) in [6.45, 7) is 7.84. The van der Waals surface area contributed by atoms with Crippen molar-refractivity contribution in [1.82, 2.24) is 0 Å². The molecule has 13 heavy (non-hydrogen) atoms. The maximum Gasteiger partial charge on any atom is 0.307 e. The quantitative estimate of drug-likeness (QED) is 0.460. The van der Waals surface area contributed by atoms with Crippen molar-refractivity contribution in [1.29, 1.82) is 0 Å². The second-order valence-electron chi connectivity index (χ2n) is 4.12. The number of carbonyl (C=O) groups is 1. The molecule has 0 amide bonds. The number of allylic oxidation sites excluding steroid dienone is 2. The fourth-order valence-electron chi connectivity index (χ4n) is 1.84. The Morgan fingerprint density at radius 1 is 1.23 bits per heavy atom. The van der Waals surface area contributed by atoms with E-state index in [0.29, 0.717) is 0 Å². The molecule has 1 saturated carbocycles. The first-order valence-corrected chi connectivity index (χ1v) is 4.87. The molecule has 0 aliphatic heterocycles. The lowest BCUT2D eigenvalue weighted by Crippen LogP contribution is -1.98. The molecule has 2 unspecified atom stereocenters. The Balaban J connectivity index is 2.66. The number of carbonyl (C=O) groups excluding carboxylic acids is 1. The average molecular weight is 182 g/mol. The van der Waals surface area contributed by atoms with E-state index in [1.807, 2.05) is 6.92 Å². The summed E-state index contributed by atoms with van der Waals surface area (Å²) in [5, 5.41) is 0. The highest BCUT2D eigenvalue weighted by Gasteiger charge is 2.25. The third-order valence-electron chi connectivity index (χ3n) is 2.90. The van der Waals surface area contributed by atoms with E-state index in [4.69, 9.17) is 4.74 Å². The summed E-state index contributed by atoms with van der Waals surface area (Å²) in [7, 11) is 0. The highest BCUT2D eigenvalue weighted by atomic mass is 16.5. The van der Waals surface area contributed by atoms with E-state index in [2.05, 4.69) is 13.8 Å². The zero-order valence-corrected chi connectivity index (χ0v) is 8.89. The third-order valence-corrected chi connectivity index (χ3v) is 2.90. The van der Waals surface area contributed by atoms with Crippen LogP contribution in [-0.4, -0.2) is 5.97 Å². The molecule has 2 atom stereocenters. The summed E-state index contributed by atoms with van der Waals surface area (Å²) in [5.41, 5.74) is 1.32. The lowest BCUT2D eigenvalue weighted by Gasteiger charge is -2.04. The summed E-state index contributed by atoms with van der Waals surface area (Å²) in [5.74, 6) is 2.06. The summed E-state index contributed by atoms with van der Waals surface area (Å²) >= 11 is 0. The Morgan fingerprint density at radius 2 is 1.69 bits per heavy atom. The molecule has 74 valence electrons. The lowest BCUT2D eigenvalue weighted by molar-refractivity contribution is -0.136. The van der Waals surface area contributed by atoms with E-state index in [1.165, 1.54) is 12.5 Å². The molecule has 0 aromatic rings. The van der Waals surface area contributed by atoms with E-state index in [9.17, 15) is 4.79 Å². The molecule has 1 fully saturated rings. The summed E-state index contributed by atoms with van der Waals surface area (Å²) in [6, 6.07) is 0. The molecule has 2 nitrogen and oxygen atoms in total. The number of hydrogen-bond acceptors (Lipinski definition) is 2. The maximum atomic E-state index is 10.7. The normalized spacial score (nSPS) is 27.5. The van der Waals surface area contributed by atoms with E-state index < -0.39 is 0 Å². The zero-order chi connectivity index (χ0) is 10.0. The van der Waals surface area contributed by atoms with Gasteiger partial charge < -0.3 is 4.74 Å². The highest BCUT2D eigenvalue weighted by molar-refractivity contribution is 5.67. The van der Waals surface area contributed by atoms with Gasteiger partial charge in [0.2, 0.25) is 0 Å². The molecule has 0 saturated heterocycles. The first kappa shape index (κ1) is 10.3. The Labute approximate surface area is 80.0 Å². The molecule has 0 aromatic carbocycles. The molecule has 2 heteroatoms. The fraction of sp³-hybridized carbons (Fsp3) is 0.727. The van der Waals surface area contributed by atoms with Gasteiger partial charge in [0.25, 0.3) is 0 Å². The van der Waals surface area contributed by atoms with Gasteiger partial charge in [-0.15, -0.1) is 0 Å². The van der Waals surface area contributed by atoms with Crippen LogP contribution in [0.3, 0.4) is 0 Å². The predicted octanol–water partition coefficient (Wildman–Crippen LogP) is 2.89. The molecule has 0 bridgehead atoms. The van der Waals surface area contributed by atoms with Crippen molar-refractivity contribution in [3.05, 3.63) is 11.3 Å². The molecule has 0 N–H and O–H groups in total. The van der Waals surface area contributed by atoms with E-state index >= 15 is 0 Å². The SMILES string of the molecule is CC(=O)OC(C)=C1CC(C)C(C)C1. The molecular formula is C11H18O2. The van der Waals surface area contributed by atoms with Crippen LogP contribution in [0.1, 0.15) is 40.5 Å². The minimum Gasteiger partial charge on any atom is -0.432 e. The average Bonchev–Trinajstić information content (AvgIpc) is 2.31. The smallest absolute Gasteiger partial charge is 0.307 e. The fourth-order valence-corrected chi connectivity index (χ4v) is 1.84. The molecule has 1 aliphatic carbocycles. The van der Waals surface area contributed by atoms with Crippen LogP contribution in [0.5, 0.6) is 0 Å². The van der Waals surface area contributed by atoms with Gasteiger partial charge in [-0.25, -0.2) is 0 Å². The molecule has 0 heterocycles. The van der Waals surface area contributed by atoms with Crippen LogP contribution in [0.25, 0.3) is 0 Å². The van der Waals surface area contributed by atoms with Gasteiger partial charge in [0.15, 0.2) is 0 Å². The van der Waals surface area contributed by atoms with Crippen molar-refractivity contribution in [2.75, 3.05) is 0 Å². The van der Waals surface area contributed by atoms with Gasteiger partial charge in [0.1, 0.15) is 5.76 Å². The summed E-state index contributed by atoms with van der Waals surface area (Å²) in [6.07, 6.45) is 2.17. The first-order chi connectivity index (χ1) is 6.00. The van der Waals surface area contributed by atoms with Gasteiger partial charge in [0, 0.05) is 6.92 Å². The van der Waals surface area contributed by atoms with Crippen molar-refractivity contribution in [2.24, 2.45) is 11.8 Å². The van der Waals surface area contributed by atoms with E-state index in [-0.39, 0.29) is 5.97 Å².